The summed E-state index contributed by atoms with van der Waals surface area (Å²) in [4.78, 5) is 0. The van der Waals surface area contributed by atoms with Gasteiger partial charge in [-0.15, -0.1) is 0 Å². The number of hydrogen-bond acceptors (Lipinski definition) is 3. The SMILES string of the molecule is CC(C)(C)C1CCCCC1(C#N)NCCCO. The van der Waals surface area contributed by atoms with Crippen LogP contribution in [-0.4, -0.2) is 23.8 Å². The van der Waals surface area contributed by atoms with E-state index < -0.39 is 0 Å². The van der Waals surface area contributed by atoms with Crippen molar-refractivity contribution in [2.24, 2.45) is 11.3 Å². The van der Waals surface area contributed by atoms with E-state index in [4.69, 9.17) is 5.11 Å². The van der Waals surface area contributed by atoms with Crippen molar-refractivity contribution in [3.05, 3.63) is 0 Å². The van der Waals surface area contributed by atoms with Gasteiger partial charge in [-0.3, -0.25) is 5.32 Å². The van der Waals surface area contributed by atoms with Crippen molar-refractivity contribution in [1.29, 1.82) is 5.26 Å². The summed E-state index contributed by atoms with van der Waals surface area (Å²) in [6.45, 7) is 7.60. The standard InChI is InChI=1S/C14H26N2O/c1-13(2,3)12-7-4-5-8-14(12,11-15)16-9-6-10-17/h12,16-17H,4-10H2,1-3H3. The predicted molar refractivity (Wildman–Crippen MR) is 69.5 cm³/mol. The molecule has 2 N–H and O–H groups in total. The molecular weight excluding hydrogens is 212 g/mol. The zero-order valence-corrected chi connectivity index (χ0v) is 11.4. The van der Waals surface area contributed by atoms with Crippen LogP contribution in [0.25, 0.3) is 0 Å². The number of nitriles is 1. The van der Waals surface area contributed by atoms with E-state index >= 15 is 0 Å². The van der Waals surface area contributed by atoms with Gasteiger partial charge in [0.2, 0.25) is 0 Å². The van der Waals surface area contributed by atoms with E-state index in [2.05, 4.69) is 32.2 Å². The quantitative estimate of drug-likeness (QED) is 0.740. The summed E-state index contributed by atoms with van der Waals surface area (Å²) < 4.78 is 0. The molecule has 0 spiro atoms. The van der Waals surface area contributed by atoms with E-state index in [9.17, 15) is 5.26 Å². The molecule has 0 amide bonds. The lowest BCUT2D eigenvalue weighted by Crippen LogP contribution is -2.56. The van der Waals surface area contributed by atoms with Crippen LogP contribution in [0.4, 0.5) is 0 Å². The average molecular weight is 238 g/mol. The second-order valence-corrected chi connectivity index (χ2v) is 6.25. The predicted octanol–water partition coefficient (Wildman–Crippen LogP) is 2.46. The molecule has 98 valence electrons. The van der Waals surface area contributed by atoms with Crippen molar-refractivity contribution in [2.45, 2.75) is 58.4 Å². The molecule has 2 unspecified atom stereocenters. The van der Waals surface area contributed by atoms with E-state index in [0.29, 0.717) is 5.92 Å². The molecule has 2 atom stereocenters. The van der Waals surface area contributed by atoms with Gasteiger partial charge < -0.3 is 5.11 Å². The highest BCUT2D eigenvalue weighted by Gasteiger charge is 2.46. The minimum Gasteiger partial charge on any atom is -0.396 e. The number of aliphatic hydroxyl groups excluding tert-OH is 1. The van der Waals surface area contributed by atoms with E-state index in [1.54, 1.807) is 0 Å². The second-order valence-electron chi connectivity index (χ2n) is 6.25. The second kappa shape index (κ2) is 5.84. The lowest BCUT2D eigenvalue weighted by molar-refractivity contribution is 0.0868. The Balaban J connectivity index is 2.80. The van der Waals surface area contributed by atoms with Crippen LogP contribution < -0.4 is 5.32 Å². The van der Waals surface area contributed by atoms with Gasteiger partial charge in [0.25, 0.3) is 0 Å². The van der Waals surface area contributed by atoms with E-state index in [-0.39, 0.29) is 17.6 Å². The summed E-state index contributed by atoms with van der Waals surface area (Å²) >= 11 is 0. The molecule has 3 heteroatoms. The number of rotatable bonds is 4. The third kappa shape index (κ3) is 3.43. The zero-order chi connectivity index (χ0) is 12.9. The summed E-state index contributed by atoms with van der Waals surface area (Å²) in [7, 11) is 0. The summed E-state index contributed by atoms with van der Waals surface area (Å²) in [5.74, 6) is 0.396. The summed E-state index contributed by atoms with van der Waals surface area (Å²) in [6, 6.07) is 2.54. The molecule has 1 aliphatic carbocycles. The molecule has 3 nitrogen and oxygen atoms in total. The molecule has 0 aliphatic heterocycles. The zero-order valence-electron chi connectivity index (χ0n) is 11.4. The monoisotopic (exact) mass is 238 g/mol. The molecule has 0 radical (unpaired) electrons. The maximum Gasteiger partial charge on any atom is 0.110 e. The fourth-order valence-electron chi connectivity index (χ4n) is 3.12. The first-order chi connectivity index (χ1) is 7.96. The van der Waals surface area contributed by atoms with Gasteiger partial charge >= 0.3 is 0 Å². The average Bonchev–Trinajstić information content (AvgIpc) is 2.28. The van der Waals surface area contributed by atoms with Crippen molar-refractivity contribution >= 4 is 0 Å². The first-order valence-electron chi connectivity index (χ1n) is 6.73. The summed E-state index contributed by atoms with van der Waals surface area (Å²) in [5.41, 5.74) is -0.228. The third-order valence-electron chi connectivity index (χ3n) is 3.93. The van der Waals surface area contributed by atoms with Crippen molar-refractivity contribution < 1.29 is 5.11 Å². The molecule has 1 aliphatic rings. The fraction of sp³-hybridized carbons (Fsp3) is 0.929. The molecule has 1 rings (SSSR count). The molecular formula is C14H26N2O. The minimum atomic E-state index is -0.383. The van der Waals surface area contributed by atoms with Crippen LogP contribution in [0, 0.1) is 22.7 Å². The van der Waals surface area contributed by atoms with E-state index in [0.717, 1.165) is 32.2 Å². The van der Waals surface area contributed by atoms with Gasteiger partial charge in [-0.1, -0.05) is 33.6 Å². The summed E-state index contributed by atoms with van der Waals surface area (Å²) in [6.07, 6.45) is 5.15. The van der Waals surface area contributed by atoms with Crippen molar-refractivity contribution in [2.75, 3.05) is 13.2 Å². The number of nitrogens with zero attached hydrogens (tertiary/aromatic N) is 1. The highest BCUT2D eigenvalue weighted by Crippen LogP contribution is 2.44. The largest absolute Gasteiger partial charge is 0.396 e. The normalized spacial score (nSPS) is 29.9. The Morgan fingerprint density at radius 2 is 2.12 bits per heavy atom. The molecule has 1 saturated carbocycles. The molecule has 0 aromatic heterocycles. The van der Waals surface area contributed by atoms with Gasteiger partial charge in [0, 0.05) is 6.61 Å². The highest BCUT2D eigenvalue weighted by molar-refractivity contribution is 5.14. The lowest BCUT2D eigenvalue weighted by atomic mass is 9.62. The Morgan fingerprint density at radius 1 is 1.41 bits per heavy atom. The van der Waals surface area contributed by atoms with Crippen LogP contribution in [0.5, 0.6) is 0 Å². The van der Waals surface area contributed by atoms with Crippen molar-refractivity contribution in [3.63, 3.8) is 0 Å². The number of aliphatic hydroxyl groups is 1. The molecule has 1 fully saturated rings. The summed E-state index contributed by atoms with van der Waals surface area (Å²) in [5, 5.41) is 21.9. The van der Waals surface area contributed by atoms with Crippen molar-refractivity contribution in [3.8, 4) is 6.07 Å². The number of hydrogen-bond donors (Lipinski definition) is 2. The van der Waals surface area contributed by atoms with Crippen LogP contribution in [-0.2, 0) is 0 Å². The maximum atomic E-state index is 9.60. The Morgan fingerprint density at radius 3 is 2.65 bits per heavy atom. The van der Waals surface area contributed by atoms with Gasteiger partial charge in [0.05, 0.1) is 6.07 Å². The third-order valence-corrected chi connectivity index (χ3v) is 3.93. The first kappa shape index (κ1) is 14.5. The van der Waals surface area contributed by atoms with Gasteiger partial charge in [-0.25, -0.2) is 0 Å². The van der Waals surface area contributed by atoms with Crippen LogP contribution >= 0.6 is 0 Å². The maximum absolute atomic E-state index is 9.60. The Hall–Kier alpha value is -0.590. The van der Waals surface area contributed by atoms with Gasteiger partial charge in [0.15, 0.2) is 0 Å². The smallest absolute Gasteiger partial charge is 0.110 e. The fourth-order valence-corrected chi connectivity index (χ4v) is 3.12. The molecule has 0 aromatic rings. The van der Waals surface area contributed by atoms with Gasteiger partial charge in [0.1, 0.15) is 5.54 Å². The van der Waals surface area contributed by atoms with Crippen LogP contribution in [0.15, 0.2) is 0 Å². The van der Waals surface area contributed by atoms with Crippen LogP contribution in [0.1, 0.15) is 52.9 Å². The molecule has 0 bridgehead atoms. The molecule has 17 heavy (non-hydrogen) atoms. The Labute approximate surface area is 105 Å². The molecule has 0 aromatic carbocycles. The highest BCUT2D eigenvalue weighted by atomic mass is 16.3. The minimum absolute atomic E-state index is 0.155. The van der Waals surface area contributed by atoms with E-state index in [1.165, 1.54) is 6.42 Å². The first-order valence-corrected chi connectivity index (χ1v) is 6.73. The lowest BCUT2D eigenvalue weighted by Gasteiger charge is -2.46. The van der Waals surface area contributed by atoms with E-state index in [1.807, 2.05) is 0 Å². The Kier molecular flexibility index (Phi) is 4.97. The molecule has 0 heterocycles. The van der Waals surface area contributed by atoms with Gasteiger partial charge in [-0.05, 0) is 37.1 Å². The Bertz CT molecular complexity index is 277. The van der Waals surface area contributed by atoms with Crippen LogP contribution in [0.2, 0.25) is 0 Å². The topological polar surface area (TPSA) is 56.0 Å². The number of nitrogens with one attached hydrogen (secondary N) is 1. The van der Waals surface area contributed by atoms with Crippen LogP contribution in [0.3, 0.4) is 0 Å². The molecule has 0 saturated heterocycles. The van der Waals surface area contributed by atoms with Gasteiger partial charge in [-0.2, -0.15) is 5.26 Å². The van der Waals surface area contributed by atoms with Crippen molar-refractivity contribution in [1.82, 2.24) is 5.32 Å².